The second kappa shape index (κ2) is 8.04. The summed E-state index contributed by atoms with van der Waals surface area (Å²) in [5, 5.41) is 6.02. The Morgan fingerprint density at radius 1 is 1.14 bits per heavy atom. The molecule has 2 aromatic heterocycles. The van der Waals surface area contributed by atoms with Crippen LogP contribution in [0.4, 0.5) is 0 Å². The maximum Gasteiger partial charge on any atom is 0.264 e. The SMILES string of the molecule is Cc1nn(C)c2sc(C(=O)N3CCN(C(=O)COc4ccc(Cl)cc4)CC3)cc12. The Balaban J connectivity index is 1.32. The molecule has 1 aromatic carbocycles. The van der Waals surface area contributed by atoms with Crippen LogP contribution in [0.25, 0.3) is 10.2 Å². The summed E-state index contributed by atoms with van der Waals surface area (Å²) in [6.45, 7) is 3.94. The van der Waals surface area contributed by atoms with Gasteiger partial charge in [0.2, 0.25) is 0 Å². The second-order valence-electron chi connectivity index (χ2n) is 6.95. The number of carbonyl (C=O) groups is 2. The molecule has 1 saturated heterocycles. The number of carbonyl (C=O) groups excluding carboxylic acids is 2. The zero-order valence-electron chi connectivity index (χ0n) is 16.2. The van der Waals surface area contributed by atoms with Crippen molar-refractivity contribution in [2.75, 3.05) is 32.8 Å². The summed E-state index contributed by atoms with van der Waals surface area (Å²) < 4.78 is 7.34. The minimum atomic E-state index is -0.0874. The van der Waals surface area contributed by atoms with Gasteiger partial charge in [0.1, 0.15) is 10.6 Å². The zero-order chi connectivity index (χ0) is 20.5. The van der Waals surface area contributed by atoms with Gasteiger partial charge in [-0.3, -0.25) is 14.3 Å². The number of hydrogen-bond donors (Lipinski definition) is 0. The number of thiophene rings is 1. The molecule has 0 aliphatic carbocycles. The molecule has 152 valence electrons. The predicted octanol–water partition coefficient (Wildman–Crippen LogP) is 2.96. The van der Waals surface area contributed by atoms with E-state index in [1.165, 1.54) is 11.3 Å². The molecule has 0 spiro atoms. The lowest BCUT2D eigenvalue weighted by Gasteiger charge is -2.34. The molecule has 0 unspecified atom stereocenters. The van der Waals surface area contributed by atoms with E-state index in [1.807, 2.05) is 24.7 Å². The van der Waals surface area contributed by atoms with Crippen molar-refractivity contribution >= 4 is 45.0 Å². The van der Waals surface area contributed by atoms with Crippen LogP contribution in [0.15, 0.2) is 30.3 Å². The van der Waals surface area contributed by atoms with Crippen molar-refractivity contribution in [2.45, 2.75) is 6.92 Å². The van der Waals surface area contributed by atoms with Crippen LogP contribution in [0, 0.1) is 6.92 Å². The summed E-state index contributed by atoms with van der Waals surface area (Å²) in [4.78, 5) is 30.5. The Labute approximate surface area is 177 Å². The number of aryl methyl sites for hydroxylation is 2. The number of rotatable bonds is 4. The van der Waals surface area contributed by atoms with E-state index in [0.29, 0.717) is 41.8 Å². The Hall–Kier alpha value is -2.58. The van der Waals surface area contributed by atoms with Crippen LogP contribution < -0.4 is 4.74 Å². The maximum atomic E-state index is 12.9. The molecule has 9 heteroatoms. The molecule has 2 amide bonds. The van der Waals surface area contributed by atoms with Crippen molar-refractivity contribution in [1.82, 2.24) is 19.6 Å². The summed E-state index contributed by atoms with van der Waals surface area (Å²) in [7, 11) is 1.89. The Kier molecular flexibility index (Phi) is 5.47. The largest absolute Gasteiger partial charge is 0.484 e. The first kappa shape index (κ1) is 19.7. The normalized spacial score (nSPS) is 14.4. The van der Waals surface area contributed by atoms with Gasteiger partial charge in [0, 0.05) is 43.6 Å². The third kappa shape index (κ3) is 4.09. The molecule has 29 heavy (non-hydrogen) atoms. The first-order chi connectivity index (χ1) is 13.9. The highest BCUT2D eigenvalue weighted by atomic mass is 35.5. The van der Waals surface area contributed by atoms with Gasteiger partial charge in [-0.25, -0.2) is 0 Å². The van der Waals surface area contributed by atoms with Gasteiger partial charge in [-0.05, 0) is 37.3 Å². The van der Waals surface area contributed by atoms with E-state index in [-0.39, 0.29) is 18.4 Å². The van der Waals surface area contributed by atoms with Crippen LogP contribution in [0.5, 0.6) is 5.75 Å². The number of halogens is 1. The fourth-order valence-corrected chi connectivity index (χ4v) is 4.61. The number of benzene rings is 1. The first-order valence-corrected chi connectivity index (χ1v) is 10.5. The van der Waals surface area contributed by atoms with Gasteiger partial charge < -0.3 is 14.5 Å². The monoisotopic (exact) mass is 432 g/mol. The third-order valence-corrected chi connectivity index (χ3v) is 6.44. The van der Waals surface area contributed by atoms with Crippen molar-refractivity contribution in [2.24, 2.45) is 7.05 Å². The number of amides is 2. The molecule has 1 aliphatic rings. The van der Waals surface area contributed by atoms with Crippen molar-refractivity contribution in [3.05, 3.63) is 45.9 Å². The molecule has 7 nitrogen and oxygen atoms in total. The molecule has 3 heterocycles. The summed E-state index contributed by atoms with van der Waals surface area (Å²) in [5.41, 5.74) is 0.925. The number of aromatic nitrogens is 2. The van der Waals surface area contributed by atoms with Crippen molar-refractivity contribution in [1.29, 1.82) is 0 Å². The molecule has 3 aromatic rings. The fourth-order valence-electron chi connectivity index (χ4n) is 3.39. The topological polar surface area (TPSA) is 67.7 Å². The summed E-state index contributed by atoms with van der Waals surface area (Å²) in [5.74, 6) is 0.525. The van der Waals surface area contributed by atoms with Crippen LogP contribution >= 0.6 is 22.9 Å². The van der Waals surface area contributed by atoms with Gasteiger partial charge in [-0.1, -0.05) is 11.6 Å². The maximum absolute atomic E-state index is 12.9. The summed E-state index contributed by atoms with van der Waals surface area (Å²) >= 11 is 7.30. The van der Waals surface area contributed by atoms with Crippen molar-refractivity contribution < 1.29 is 14.3 Å². The minimum absolute atomic E-state index is 0.00936. The van der Waals surface area contributed by atoms with E-state index >= 15 is 0 Å². The van der Waals surface area contributed by atoms with E-state index in [2.05, 4.69) is 5.10 Å². The molecule has 0 N–H and O–H groups in total. The average molecular weight is 433 g/mol. The van der Waals surface area contributed by atoms with Gasteiger partial charge in [-0.2, -0.15) is 5.10 Å². The van der Waals surface area contributed by atoms with E-state index in [4.69, 9.17) is 16.3 Å². The number of fused-ring (bicyclic) bond motifs is 1. The number of ether oxygens (including phenoxy) is 1. The molecule has 1 aliphatic heterocycles. The first-order valence-electron chi connectivity index (χ1n) is 9.31. The van der Waals surface area contributed by atoms with Crippen molar-refractivity contribution in [3.63, 3.8) is 0 Å². The Bertz CT molecular complexity index is 1020. The number of hydrogen-bond acceptors (Lipinski definition) is 5. The molecule has 4 rings (SSSR count). The lowest BCUT2D eigenvalue weighted by molar-refractivity contribution is -0.134. The molecule has 0 radical (unpaired) electrons. The highest BCUT2D eigenvalue weighted by Gasteiger charge is 2.26. The molecule has 0 atom stereocenters. The Morgan fingerprint density at radius 2 is 1.79 bits per heavy atom. The highest BCUT2D eigenvalue weighted by molar-refractivity contribution is 7.20. The molecular weight excluding hydrogens is 412 g/mol. The second-order valence-corrected chi connectivity index (χ2v) is 8.42. The van der Waals surface area contributed by atoms with Crippen molar-refractivity contribution in [3.8, 4) is 5.75 Å². The van der Waals surface area contributed by atoms with Gasteiger partial charge in [0.05, 0.1) is 10.6 Å². The highest BCUT2D eigenvalue weighted by Crippen LogP contribution is 2.28. The summed E-state index contributed by atoms with van der Waals surface area (Å²) in [6.07, 6.45) is 0. The number of piperazine rings is 1. The standard InChI is InChI=1S/C20H21ClN4O3S/c1-13-16-11-17(29-20(16)23(2)22-13)19(27)25-9-7-24(8-10-25)18(26)12-28-15-5-3-14(21)4-6-15/h3-6,11H,7-10,12H2,1-2H3. The molecule has 1 fully saturated rings. The predicted molar refractivity (Wildman–Crippen MR) is 113 cm³/mol. The van der Waals surface area contributed by atoms with E-state index < -0.39 is 0 Å². The molecule has 0 saturated carbocycles. The smallest absolute Gasteiger partial charge is 0.264 e. The lowest BCUT2D eigenvalue weighted by atomic mass is 10.2. The molecular formula is C20H21ClN4O3S. The Morgan fingerprint density at radius 3 is 2.45 bits per heavy atom. The van der Waals surface area contributed by atoms with Gasteiger partial charge in [-0.15, -0.1) is 11.3 Å². The average Bonchev–Trinajstić information content (AvgIpc) is 3.28. The molecule has 0 bridgehead atoms. The lowest BCUT2D eigenvalue weighted by Crippen LogP contribution is -2.51. The zero-order valence-corrected chi connectivity index (χ0v) is 17.8. The van der Waals surface area contributed by atoms with E-state index in [1.54, 1.807) is 34.1 Å². The quantitative estimate of drug-likeness (QED) is 0.635. The third-order valence-electron chi connectivity index (χ3n) is 5.00. The summed E-state index contributed by atoms with van der Waals surface area (Å²) in [6, 6.07) is 8.82. The number of nitrogens with zero attached hydrogens (tertiary/aromatic N) is 4. The van der Waals surface area contributed by atoms with Crippen LogP contribution in [0.2, 0.25) is 5.02 Å². The van der Waals surface area contributed by atoms with E-state index in [9.17, 15) is 9.59 Å². The van der Waals surface area contributed by atoms with Gasteiger partial charge in [0.15, 0.2) is 6.61 Å². The minimum Gasteiger partial charge on any atom is -0.484 e. The van der Waals surface area contributed by atoms with E-state index in [0.717, 1.165) is 15.9 Å². The fraction of sp³-hybridized carbons (Fsp3) is 0.350. The van der Waals surface area contributed by atoms with Crippen LogP contribution in [-0.2, 0) is 11.8 Å². The van der Waals surface area contributed by atoms with Gasteiger partial charge >= 0.3 is 0 Å². The van der Waals surface area contributed by atoms with Gasteiger partial charge in [0.25, 0.3) is 11.8 Å². The van der Waals surface area contributed by atoms with Crippen LogP contribution in [0.3, 0.4) is 0 Å². The van der Waals surface area contributed by atoms with Crippen LogP contribution in [0.1, 0.15) is 15.4 Å². The van der Waals surface area contributed by atoms with Crippen LogP contribution in [-0.4, -0.2) is 64.2 Å².